The number of aliphatic hydroxyl groups is 2. The first-order chi connectivity index (χ1) is 25.3. The van der Waals surface area contributed by atoms with E-state index in [0.717, 1.165) is 99.3 Å². The normalized spacial score (nSPS) is 25.4. The fourth-order valence-corrected chi connectivity index (χ4v) is 9.25. The fourth-order valence-electron chi connectivity index (χ4n) is 9.25. The predicted molar refractivity (Wildman–Crippen MR) is 213 cm³/mol. The number of benzene rings is 4. The smallest absolute Gasteiger partial charge is 0.0705 e. The summed E-state index contributed by atoms with van der Waals surface area (Å²) in [5.74, 6) is -0.141. The third-order valence-electron chi connectivity index (χ3n) is 12.7. The number of aliphatic hydroxyl groups excluding tert-OH is 2. The molecule has 6 nitrogen and oxygen atoms in total. The zero-order chi connectivity index (χ0) is 37.1. The second-order valence-electron chi connectivity index (χ2n) is 15.4. The van der Waals surface area contributed by atoms with E-state index in [1.54, 1.807) is 0 Å². The minimum atomic E-state index is -0.434. The molecule has 0 amide bonds. The molecule has 0 aromatic heterocycles. The number of hydrogen-bond acceptors (Lipinski definition) is 6. The molecular weight excluding hydrogens is 645 g/mol. The summed E-state index contributed by atoms with van der Waals surface area (Å²) >= 11 is 0. The van der Waals surface area contributed by atoms with Gasteiger partial charge >= 0.3 is 0 Å². The van der Waals surface area contributed by atoms with Crippen LogP contribution in [-0.4, -0.2) is 32.8 Å². The van der Waals surface area contributed by atoms with Crippen LogP contribution in [0.15, 0.2) is 97.1 Å². The molecule has 0 spiro atoms. The number of fused-ring (bicyclic) bond motifs is 2. The van der Waals surface area contributed by atoms with E-state index in [1.165, 1.54) is 11.1 Å². The maximum atomic E-state index is 11.7. The molecule has 0 saturated heterocycles. The van der Waals surface area contributed by atoms with Gasteiger partial charge in [0.15, 0.2) is 0 Å². The fraction of sp³-hybridized carbons (Fsp3) is 0.478. The van der Waals surface area contributed by atoms with E-state index in [0.29, 0.717) is 11.4 Å². The van der Waals surface area contributed by atoms with Crippen molar-refractivity contribution in [3.05, 3.63) is 130 Å². The van der Waals surface area contributed by atoms with Crippen LogP contribution < -0.4 is 11.0 Å². The van der Waals surface area contributed by atoms with Gasteiger partial charge in [-0.05, 0) is 120 Å². The molecule has 6 rings (SSSR count). The van der Waals surface area contributed by atoms with E-state index in [1.807, 2.05) is 60.7 Å². The monoisotopic (exact) mass is 706 g/mol. The third kappa shape index (κ3) is 8.42. The Hall–Kier alpha value is -3.68. The summed E-state index contributed by atoms with van der Waals surface area (Å²) in [5, 5.41) is 42.1. The zero-order valence-corrected chi connectivity index (χ0v) is 31.8. The van der Waals surface area contributed by atoms with Crippen molar-refractivity contribution in [1.29, 1.82) is 0 Å². The first kappa shape index (κ1) is 39.5. The van der Waals surface area contributed by atoms with Crippen molar-refractivity contribution in [3.8, 4) is 0 Å². The lowest BCUT2D eigenvalue weighted by molar-refractivity contribution is -0.00163. The molecule has 0 fully saturated rings. The second kappa shape index (κ2) is 18.4. The van der Waals surface area contributed by atoms with Crippen LogP contribution in [0, 0.1) is 10.8 Å². The molecule has 0 unspecified atom stereocenters. The minimum absolute atomic E-state index is 0.0671. The van der Waals surface area contributed by atoms with Gasteiger partial charge in [-0.3, -0.25) is 21.4 Å². The molecule has 4 aromatic rings. The highest BCUT2D eigenvalue weighted by Crippen LogP contribution is 2.50. The average Bonchev–Trinajstić information content (AvgIpc) is 3.40. The Balaban J connectivity index is 0.000000201. The van der Waals surface area contributed by atoms with Gasteiger partial charge in [-0.15, -0.1) is 0 Å². The molecule has 0 bridgehead atoms. The topological polar surface area (TPSA) is 105 Å². The summed E-state index contributed by atoms with van der Waals surface area (Å²) in [6.45, 7) is 8.87. The molecule has 2 aliphatic carbocycles. The van der Waals surface area contributed by atoms with Gasteiger partial charge < -0.3 is 10.2 Å². The third-order valence-corrected chi connectivity index (χ3v) is 12.7. The van der Waals surface area contributed by atoms with Crippen molar-refractivity contribution in [1.82, 2.24) is 0 Å². The quantitative estimate of drug-likeness (QED) is 0.0647. The standard InChI is InChI=1S/2C23H31NO2/c2*1-3-5-14-23(4-2)15-13-17-11-12-19(24-26)16-20(17)21(22(23)25)18-9-7-6-8-10-18/h2*6-12,16,21-22,24-26H,3-5,13-15H2,1-2H3/t21-,22-,23+;21-,22-,23-/m01/s1. The number of nitrogens with one attached hydrogen (secondary N) is 2. The first-order valence-corrected chi connectivity index (χ1v) is 19.8. The van der Waals surface area contributed by atoms with E-state index in [4.69, 9.17) is 0 Å². The van der Waals surface area contributed by atoms with Crippen LogP contribution in [0.5, 0.6) is 0 Å². The molecule has 52 heavy (non-hydrogen) atoms. The summed E-state index contributed by atoms with van der Waals surface area (Å²) < 4.78 is 0. The van der Waals surface area contributed by atoms with E-state index in [-0.39, 0.29) is 22.7 Å². The molecule has 6 atom stereocenters. The average molecular weight is 707 g/mol. The van der Waals surface area contributed by atoms with Crippen molar-refractivity contribution in [2.24, 2.45) is 10.8 Å². The number of unbranched alkanes of at least 4 members (excludes halogenated alkanes) is 2. The minimum Gasteiger partial charge on any atom is -0.392 e. The summed E-state index contributed by atoms with van der Waals surface area (Å²) in [5.41, 5.74) is 12.9. The first-order valence-electron chi connectivity index (χ1n) is 19.8. The van der Waals surface area contributed by atoms with Crippen molar-refractivity contribution < 1.29 is 20.6 Å². The molecule has 2 aliphatic rings. The molecule has 6 heteroatoms. The molecule has 0 heterocycles. The Labute approximate surface area is 312 Å². The highest BCUT2D eigenvalue weighted by atomic mass is 16.5. The summed E-state index contributed by atoms with van der Waals surface area (Å²) in [7, 11) is 0. The zero-order valence-electron chi connectivity index (χ0n) is 31.8. The van der Waals surface area contributed by atoms with Crippen LogP contribution in [0.25, 0.3) is 0 Å². The van der Waals surface area contributed by atoms with Gasteiger partial charge in [-0.1, -0.05) is 126 Å². The number of hydrogen-bond donors (Lipinski definition) is 6. The number of aryl methyl sites for hydroxylation is 2. The van der Waals surface area contributed by atoms with Crippen molar-refractivity contribution in [2.75, 3.05) is 11.0 Å². The highest BCUT2D eigenvalue weighted by Gasteiger charge is 2.45. The van der Waals surface area contributed by atoms with Gasteiger partial charge in [-0.25, -0.2) is 0 Å². The summed E-state index contributed by atoms with van der Waals surface area (Å²) in [6.07, 6.45) is 11.8. The van der Waals surface area contributed by atoms with Crippen LogP contribution in [0.1, 0.15) is 137 Å². The maximum Gasteiger partial charge on any atom is 0.0705 e. The maximum absolute atomic E-state index is 11.7. The molecular formula is C46H62N2O4. The molecule has 280 valence electrons. The Morgan fingerprint density at radius 2 is 0.942 bits per heavy atom. The van der Waals surface area contributed by atoms with Gasteiger partial charge in [0.2, 0.25) is 0 Å². The highest BCUT2D eigenvalue weighted by molar-refractivity contribution is 5.53. The lowest BCUT2D eigenvalue weighted by atomic mass is 9.67. The predicted octanol–water partition coefficient (Wildman–Crippen LogP) is 11.0. The SMILES string of the molecule is CCCC[C@]1(CC)CCc2ccc(NO)cc2[C@@H](c2ccccc2)[C@H]1O.CCCC[C@]1(CC)CCc2ccc(NO)cc2[C@H](c2ccccc2)[C@@H]1O. The largest absolute Gasteiger partial charge is 0.392 e. The Bertz CT molecular complexity index is 1560. The molecule has 4 aromatic carbocycles. The molecule has 0 saturated carbocycles. The van der Waals surface area contributed by atoms with E-state index in [2.05, 4.69) is 75.1 Å². The van der Waals surface area contributed by atoms with Crippen LogP contribution in [0.2, 0.25) is 0 Å². The van der Waals surface area contributed by atoms with E-state index < -0.39 is 12.2 Å². The molecule has 0 radical (unpaired) electrons. The Kier molecular flexibility index (Phi) is 14.0. The van der Waals surface area contributed by atoms with Crippen LogP contribution in [0.4, 0.5) is 11.4 Å². The van der Waals surface area contributed by atoms with E-state index in [9.17, 15) is 20.6 Å². The van der Waals surface area contributed by atoms with Crippen molar-refractivity contribution in [2.45, 2.75) is 129 Å². The summed E-state index contributed by atoms with van der Waals surface area (Å²) in [6, 6.07) is 32.7. The van der Waals surface area contributed by atoms with Crippen molar-refractivity contribution in [3.63, 3.8) is 0 Å². The second-order valence-corrected chi connectivity index (χ2v) is 15.4. The number of rotatable bonds is 12. The lowest BCUT2D eigenvalue weighted by Gasteiger charge is -2.40. The van der Waals surface area contributed by atoms with Gasteiger partial charge in [0, 0.05) is 11.8 Å². The van der Waals surface area contributed by atoms with Gasteiger partial charge in [0.25, 0.3) is 0 Å². The summed E-state index contributed by atoms with van der Waals surface area (Å²) in [4.78, 5) is 0. The Morgan fingerprint density at radius 3 is 1.27 bits per heavy atom. The van der Waals surface area contributed by atoms with E-state index >= 15 is 0 Å². The molecule has 6 N–H and O–H groups in total. The van der Waals surface area contributed by atoms with Gasteiger partial charge in [0.05, 0.1) is 23.6 Å². The molecule has 0 aliphatic heterocycles. The number of anilines is 2. The lowest BCUT2D eigenvalue weighted by Crippen LogP contribution is -2.38. The Morgan fingerprint density at radius 1 is 0.558 bits per heavy atom. The van der Waals surface area contributed by atoms with Crippen molar-refractivity contribution >= 4 is 11.4 Å². The van der Waals surface area contributed by atoms with Crippen LogP contribution in [-0.2, 0) is 12.8 Å². The van der Waals surface area contributed by atoms with Crippen LogP contribution in [0.3, 0.4) is 0 Å². The van der Waals surface area contributed by atoms with Crippen LogP contribution >= 0.6 is 0 Å². The van der Waals surface area contributed by atoms with Gasteiger partial charge in [-0.2, -0.15) is 0 Å². The van der Waals surface area contributed by atoms with Gasteiger partial charge in [0.1, 0.15) is 0 Å².